The fourth-order valence-corrected chi connectivity index (χ4v) is 4.99. The Bertz CT molecular complexity index is 873. The van der Waals surface area contributed by atoms with Gasteiger partial charge in [0.1, 0.15) is 5.75 Å². The summed E-state index contributed by atoms with van der Waals surface area (Å²) < 4.78 is 17.5. The number of fused-ring (bicyclic) bond motifs is 1. The average molecular weight is 419 g/mol. The van der Waals surface area contributed by atoms with E-state index in [2.05, 4.69) is 15.1 Å². The van der Waals surface area contributed by atoms with Gasteiger partial charge in [-0.15, -0.1) is 10.2 Å². The third-order valence-corrected chi connectivity index (χ3v) is 6.76. The molecule has 0 saturated carbocycles. The number of aromatic nitrogens is 2. The molecule has 1 aromatic heterocycles. The second-order valence-electron chi connectivity index (χ2n) is 8.18. The zero-order valence-electron chi connectivity index (χ0n) is 16.5. The molecule has 0 unspecified atom stereocenters. The van der Waals surface area contributed by atoms with Crippen LogP contribution in [-0.2, 0) is 11.2 Å². The van der Waals surface area contributed by atoms with E-state index >= 15 is 0 Å². The molecule has 0 atom stereocenters. The Morgan fingerprint density at radius 3 is 2.66 bits per heavy atom. The van der Waals surface area contributed by atoms with E-state index in [1.54, 1.807) is 6.07 Å². The first-order chi connectivity index (χ1) is 14.2. The first kappa shape index (κ1) is 19.2. The van der Waals surface area contributed by atoms with Crippen molar-refractivity contribution in [1.29, 1.82) is 0 Å². The third kappa shape index (κ3) is 3.71. The molecule has 2 aromatic rings. The minimum absolute atomic E-state index is 0.299. The molecule has 4 heterocycles. The highest BCUT2D eigenvalue weighted by atomic mass is 35.5. The third-order valence-electron chi connectivity index (χ3n) is 6.45. The SMILES string of the molecule is Nc1c(Cl)cc(-c2nnc(C3CCN(C4CCOCC4)CC3)o2)c2c1CCCO2. The number of nitrogens with two attached hydrogens (primary N) is 1. The van der Waals surface area contributed by atoms with Crippen LogP contribution < -0.4 is 10.5 Å². The number of nitrogen functional groups attached to an aromatic ring is 1. The van der Waals surface area contributed by atoms with Crippen LogP contribution in [-0.4, -0.2) is 54.0 Å². The lowest BCUT2D eigenvalue weighted by Gasteiger charge is -2.38. The summed E-state index contributed by atoms with van der Waals surface area (Å²) in [6.45, 7) is 4.56. The van der Waals surface area contributed by atoms with E-state index in [0.717, 1.165) is 81.7 Å². The molecule has 5 rings (SSSR count). The van der Waals surface area contributed by atoms with Gasteiger partial charge in [0.05, 0.1) is 22.9 Å². The van der Waals surface area contributed by atoms with Crippen molar-refractivity contribution in [3.63, 3.8) is 0 Å². The van der Waals surface area contributed by atoms with Crippen LogP contribution in [0.25, 0.3) is 11.5 Å². The first-order valence-corrected chi connectivity index (χ1v) is 11.0. The molecular weight excluding hydrogens is 392 g/mol. The lowest BCUT2D eigenvalue weighted by molar-refractivity contribution is 0.0241. The Labute approximate surface area is 175 Å². The van der Waals surface area contributed by atoms with E-state index in [-0.39, 0.29) is 0 Å². The monoisotopic (exact) mass is 418 g/mol. The van der Waals surface area contributed by atoms with Crippen LogP contribution in [0.15, 0.2) is 10.5 Å². The summed E-state index contributed by atoms with van der Waals surface area (Å²) in [6.07, 6.45) is 6.13. The van der Waals surface area contributed by atoms with Crippen LogP contribution >= 0.6 is 11.6 Å². The number of anilines is 1. The van der Waals surface area contributed by atoms with Crippen molar-refractivity contribution in [2.24, 2.45) is 0 Å². The van der Waals surface area contributed by atoms with Gasteiger partial charge in [-0.05, 0) is 57.7 Å². The zero-order valence-corrected chi connectivity index (χ0v) is 17.3. The van der Waals surface area contributed by atoms with Crippen LogP contribution in [0.5, 0.6) is 5.75 Å². The van der Waals surface area contributed by atoms with Crippen molar-refractivity contribution in [2.75, 3.05) is 38.6 Å². The smallest absolute Gasteiger partial charge is 0.251 e. The molecule has 2 N–H and O–H groups in total. The second-order valence-corrected chi connectivity index (χ2v) is 8.59. The van der Waals surface area contributed by atoms with E-state index in [0.29, 0.717) is 41.1 Å². The molecule has 156 valence electrons. The Balaban J connectivity index is 1.32. The van der Waals surface area contributed by atoms with Gasteiger partial charge in [0, 0.05) is 30.7 Å². The number of nitrogens with zero attached hydrogens (tertiary/aromatic N) is 3. The van der Waals surface area contributed by atoms with Crippen molar-refractivity contribution in [3.8, 4) is 17.2 Å². The number of rotatable bonds is 3. The normalized spacial score (nSPS) is 21.7. The molecule has 0 amide bonds. The Morgan fingerprint density at radius 2 is 1.86 bits per heavy atom. The second kappa shape index (κ2) is 8.13. The van der Waals surface area contributed by atoms with E-state index < -0.39 is 0 Å². The van der Waals surface area contributed by atoms with Crippen molar-refractivity contribution >= 4 is 17.3 Å². The fraction of sp³-hybridized carbons (Fsp3) is 0.619. The molecular formula is C21H27ClN4O3. The van der Waals surface area contributed by atoms with Gasteiger partial charge in [-0.3, -0.25) is 0 Å². The van der Waals surface area contributed by atoms with Crippen LogP contribution in [0, 0.1) is 0 Å². The largest absolute Gasteiger partial charge is 0.492 e. The van der Waals surface area contributed by atoms with Crippen molar-refractivity contribution < 1.29 is 13.9 Å². The summed E-state index contributed by atoms with van der Waals surface area (Å²) in [6, 6.07) is 2.44. The maximum Gasteiger partial charge on any atom is 0.251 e. The number of halogens is 1. The number of hydrogen-bond donors (Lipinski definition) is 1. The highest BCUT2D eigenvalue weighted by molar-refractivity contribution is 6.33. The van der Waals surface area contributed by atoms with Crippen molar-refractivity contribution in [3.05, 3.63) is 22.5 Å². The molecule has 1 aromatic carbocycles. The number of benzene rings is 1. The predicted molar refractivity (Wildman–Crippen MR) is 110 cm³/mol. The molecule has 3 aliphatic heterocycles. The number of hydrogen-bond acceptors (Lipinski definition) is 7. The van der Waals surface area contributed by atoms with E-state index in [9.17, 15) is 0 Å². The standard InChI is InChI=1S/C21H27ClN4O3/c22-17-12-16(19-15(18(17)23)2-1-9-28-19)21-25-24-20(29-21)13-3-7-26(8-4-13)14-5-10-27-11-6-14/h12-14H,1-11,23H2. The number of ether oxygens (including phenoxy) is 2. The molecule has 0 spiro atoms. The summed E-state index contributed by atoms with van der Waals surface area (Å²) in [4.78, 5) is 2.60. The summed E-state index contributed by atoms with van der Waals surface area (Å²) in [5.74, 6) is 2.21. The van der Waals surface area contributed by atoms with Crippen LogP contribution in [0.3, 0.4) is 0 Å². The Morgan fingerprint density at radius 1 is 1.07 bits per heavy atom. The number of likely N-dealkylation sites (tertiary alicyclic amines) is 1. The molecule has 0 radical (unpaired) electrons. The van der Waals surface area contributed by atoms with E-state index in [1.807, 2.05) is 0 Å². The van der Waals surface area contributed by atoms with Gasteiger partial charge >= 0.3 is 0 Å². The summed E-state index contributed by atoms with van der Waals surface area (Å²) in [5.41, 5.74) is 8.44. The van der Waals surface area contributed by atoms with Crippen molar-refractivity contribution in [2.45, 2.75) is 50.5 Å². The van der Waals surface area contributed by atoms with Gasteiger partial charge in [0.15, 0.2) is 0 Å². The molecule has 7 nitrogen and oxygen atoms in total. The van der Waals surface area contributed by atoms with Crippen LogP contribution in [0.1, 0.15) is 49.5 Å². The maximum absolute atomic E-state index is 6.36. The van der Waals surface area contributed by atoms with Gasteiger partial charge in [0.2, 0.25) is 5.89 Å². The van der Waals surface area contributed by atoms with E-state index in [4.69, 9.17) is 31.2 Å². The summed E-state index contributed by atoms with van der Waals surface area (Å²) in [7, 11) is 0. The highest BCUT2D eigenvalue weighted by Gasteiger charge is 2.30. The van der Waals surface area contributed by atoms with Crippen LogP contribution in [0.2, 0.25) is 5.02 Å². The van der Waals surface area contributed by atoms with Gasteiger partial charge < -0.3 is 24.5 Å². The Hall–Kier alpha value is -1.83. The molecule has 2 saturated heterocycles. The lowest BCUT2D eigenvalue weighted by Crippen LogP contribution is -2.43. The number of piperidine rings is 1. The molecule has 0 aliphatic carbocycles. The van der Waals surface area contributed by atoms with Gasteiger partial charge in [-0.1, -0.05) is 11.6 Å². The lowest BCUT2D eigenvalue weighted by atomic mass is 9.94. The minimum atomic E-state index is 0.299. The van der Waals surface area contributed by atoms with Gasteiger partial charge in [-0.2, -0.15) is 0 Å². The molecule has 29 heavy (non-hydrogen) atoms. The van der Waals surface area contributed by atoms with Gasteiger partial charge in [0.25, 0.3) is 5.89 Å². The first-order valence-electron chi connectivity index (χ1n) is 10.6. The summed E-state index contributed by atoms with van der Waals surface area (Å²) >= 11 is 6.36. The minimum Gasteiger partial charge on any atom is -0.492 e. The molecule has 8 heteroatoms. The predicted octanol–water partition coefficient (Wildman–Crippen LogP) is 3.66. The summed E-state index contributed by atoms with van der Waals surface area (Å²) in [5, 5.41) is 9.20. The van der Waals surface area contributed by atoms with E-state index in [1.165, 1.54) is 0 Å². The van der Waals surface area contributed by atoms with Gasteiger partial charge in [-0.25, -0.2) is 0 Å². The highest BCUT2D eigenvalue weighted by Crippen LogP contribution is 2.43. The zero-order chi connectivity index (χ0) is 19.8. The van der Waals surface area contributed by atoms with Crippen molar-refractivity contribution in [1.82, 2.24) is 15.1 Å². The fourth-order valence-electron chi connectivity index (χ4n) is 4.76. The molecule has 3 aliphatic rings. The maximum atomic E-state index is 6.36. The van der Waals surface area contributed by atoms with Crippen LogP contribution in [0.4, 0.5) is 5.69 Å². The molecule has 0 bridgehead atoms. The topological polar surface area (TPSA) is 86.6 Å². The Kier molecular flexibility index (Phi) is 5.37. The molecule has 2 fully saturated rings. The quantitative estimate of drug-likeness (QED) is 0.761. The average Bonchev–Trinajstić information content (AvgIpc) is 3.27.